The topological polar surface area (TPSA) is 102 Å². The molecule has 0 saturated carbocycles. The molecule has 1 aromatic heterocycles. The van der Waals surface area contributed by atoms with Crippen LogP contribution in [0.25, 0.3) is 11.5 Å². The molecule has 0 saturated heterocycles. The Hall–Kier alpha value is -2.37. The Morgan fingerprint density at radius 1 is 1.50 bits per heavy atom. The van der Waals surface area contributed by atoms with Gasteiger partial charge in [-0.25, -0.2) is 4.79 Å². The van der Waals surface area contributed by atoms with Crippen molar-refractivity contribution >= 4 is 11.7 Å². The van der Waals surface area contributed by atoms with Crippen LogP contribution in [0.15, 0.2) is 22.7 Å². The second-order valence-corrected chi connectivity index (χ2v) is 3.32. The van der Waals surface area contributed by atoms with E-state index >= 15 is 0 Å². The summed E-state index contributed by atoms with van der Waals surface area (Å²) in [6.07, 6.45) is 0. The average molecular weight is 219 g/mol. The van der Waals surface area contributed by atoms with E-state index in [-0.39, 0.29) is 11.7 Å². The first-order valence-electron chi connectivity index (χ1n) is 4.51. The highest BCUT2D eigenvalue weighted by Gasteiger charge is 2.15. The monoisotopic (exact) mass is 219 g/mol. The minimum Gasteiger partial charge on any atom is -0.475 e. The third-order valence-corrected chi connectivity index (χ3v) is 2.06. The minimum atomic E-state index is -1.23. The summed E-state index contributed by atoms with van der Waals surface area (Å²) in [6.45, 7) is 1.89. The number of carboxylic acid groups (broad SMARTS) is 1. The van der Waals surface area contributed by atoms with Crippen molar-refractivity contribution in [2.45, 2.75) is 6.92 Å². The molecule has 0 radical (unpaired) electrons. The highest BCUT2D eigenvalue weighted by molar-refractivity contribution is 5.84. The molecule has 2 rings (SSSR count). The van der Waals surface area contributed by atoms with Gasteiger partial charge in [-0.1, -0.05) is 11.6 Å². The van der Waals surface area contributed by atoms with E-state index in [9.17, 15) is 4.79 Å². The molecule has 0 amide bonds. The van der Waals surface area contributed by atoms with Crippen molar-refractivity contribution in [3.63, 3.8) is 0 Å². The van der Waals surface area contributed by atoms with Gasteiger partial charge in [-0.15, -0.1) is 0 Å². The van der Waals surface area contributed by atoms with Crippen molar-refractivity contribution in [1.29, 1.82) is 0 Å². The SMILES string of the molecule is Cc1ccc(N)c(-c2nc(C(=O)O)no2)c1. The number of carboxylic acids is 1. The number of aromatic nitrogens is 2. The Morgan fingerprint density at radius 2 is 2.25 bits per heavy atom. The number of nitrogens with zero attached hydrogens (tertiary/aromatic N) is 2. The predicted octanol–water partition coefficient (Wildman–Crippen LogP) is 1.33. The third-order valence-electron chi connectivity index (χ3n) is 2.06. The van der Waals surface area contributed by atoms with Crippen LogP contribution in [0.3, 0.4) is 0 Å². The highest BCUT2D eigenvalue weighted by atomic mass is 16.5. The highest BCUT2D eigenvalue weighted by Crippen LogP contribution is 2.25. The second-order valence-electron chi connectivity index (χ2n) is 3.32. The maximum atomic E-state index is 10.6. The Morgan fingerprint density at radius 3 is 2.88 bits per heavy atom. The summed E-state index contributed by atoms with van der Waals surface area (Å²) in [5, 5.41) is 12.0. The number of nitrogens with two attached hydrogens (primary N) is 1. The number of benzene rings is 1. The largest absolute Gasteiger partial charge is 0.475 e. The molecule has 6 nitrogen and oxygen atoms in total. The van der Waals surface area contributed by atoms with Crippen LogP contribution >= 0.6 is 0 Å². The number of aryl methyl sites for hydroxylation is 1. The van der Waals surface area contributed by atoms with Crippen LogP contribution in [-0.4, -0.2) is 21.2 Å². The van der Waals surface area contributed by atoms with Crippen molar-refractivity contribution in [2.75, 3.05) is 5.73 Å². The van der Waals surface area contributed by atoms with E-state index in [0.717, 1.165) is 5.56 Å². The fourth-order valence-corrected chi connectivity index (χ4v) is 1.28. The molecule has 0 fully saturated rings. The van der Waals surface area contributed by atoms with Gasteiger partial charge in [-0.05, 0) is 24.2 Å². The van der Waals surface area contributed by atoms with Gasteiger partial charge in [-0.3, -0.25) is 0 Å². The van der Waals surface area contributed by atoms with Crippen molar-refractivity contribution < 1.29 is 14.4 Å². The van der Waals surface area contributed by atoms with Crippen LogP contribution in [0, 0.1) is 6.92 Å². The lowest BCUT2D eigenvalue weighted by Crippen LogP contribution is -1.98. The van der Waals surface area contributed by atoms with Crippen LogP contribution in [0.2, 0.25) is 0 Å². The van der Waals surface area contributed by atoms with E-state index in [1.165, 1.54) is 0 Å². The standard InChI is InChI=1S/C10H9N3O3/c1-5-2-3-7(11)6(4-5)9-12-8(10(14)15)13-16-9/h2-4H,11H2,1H3,(H,14,15). The molecule has 0 unspecified atom stereocenters. The third kappa shape index (κ3) is 1.72. The number of nitrogen functional groups attached to an aromatic ring is 1. The molecule has 0 spiro atoms. The van der Waals surface area contributed by atoms with E-state index in [0.29, 0.717) is 11.3 Å². The summed E-state index contributed by atoms with van der Waals surface area (Å²) >= 11 is 0. The van der Waals surface area contributed by atoms with Gasteiger partial charge in [0.05, 0.1) is 5.56 Å². The summed E-state index contributed by atoms with van der Waals surface area (Å²) < 4.78 is 4.83. The van der Waals surface area contributed by atoms with Crippen LogP contribution in [0.4, 0.5) is 5.69 Å². The van der Waals surface area contributed by atoms with E-state index in [1.807, 2.05) is 13.0 Å². The molecule has 0 aliphatic rings. The molecule has 1 heterocycles. The summed E-state index contributed by atoms with van der Waals surface area (Å²) in [5.74, 6) is -1.50. The first kappa shape index (κ1) is 10.2. The number of aromatic carboxylic acids is 1. The average Bonchev–Trinajstić information content (AvgIpc) is 2.70. The first-order chi connectivity index (χ1) is 7.58. The van der Waals surface area contributed by atoms with Crippen LogP contribution in [-0.2, 0) is 0 Å². The van der Waals surface area contributed by atoms with Crippen molar-refractivity contribution in [3.8, 4) is 11.5 Å². The lowest BCUT2D eigenvalue weighted by Gasteiger charge is -2.00. The zero-order valence-electron chi connectivity index (χ0n) is 8.47. The van der Waals surface area contributed by atoms with Crippen molar-refractivity contribution in [3.05, 3.63) is 29.6 Å². The van der Waals surface area contributed by atoms with Gasteiger partial charge >= 0.3 is 5.97 Å². The van der Waals surface area contributed by atoms with Gasteiger partial charge in [0.2, 0.25) is 0 Å². The Kier molecular flexibility index (Phi) is 2.32. The van der Waals surface area contributed by atoms with Crippen LogP contribution < -0.4 is 5.73 Å². The van der Waals surface area contributed by atoms with Crippen molar-refractivity contribution in [1.82, 2.24) is 10.1 Å². The first-order valence-corrected chi connectivity index (χ1v) is 4.51. The molecule has 0 aliphatic carbocycles. The molecule has 1 aromatic carbocycles. The minimum absolute atomic E-state index is 0.110. The number of carbonyl (C=O) groups is 1. The van der Waals surface area contributed by atoms with Gasteiger partial charge in [0, 0.05) is 5.69 Å². The van der Waals surface area contributed by atoms with Gasteiger partial charge in [-0.2, -0.15) is 4.98 Å². The van der Waals surface area contributed by atoms with Gasteiger partial charge < -0.3 is 15.4 Å². The van der Waals surface area contributed by atoms with Crippen LogP contribution in [0.1, 0.15) is 16.2 Å². The summed E-state index contributed by atoms with van der Waals surface area (Å²) in [6, 6.07) is 5.30. The lowest BCUT2D eigenvalue weighted by atomic mass is 10.1. The second kappa shape index (κ2) is 3.65. The number of rotatable bonds is 2. The summed E-state index contributed by atoms with van der Waals surface area (Å²) in [7, 11) is 0. The maximum absolute atomic E-state index is 10.6. The van der Waals surface area contributed by atoms with E-state index in [4.69, 9.17) is 15.4 Å². The molecule has 6 heteroatoms. The summed E-state index contributed by atoms with van der Waals surface area (Å²) in [5.41, 5.74) is 7.71. The molecule has 82 valence electrons. The zero-order chi connectivity index (χ0) is 11.7. The summed E-state index contributed by atoms with van der Waals surface area (Å²) in [4.78, 5) is 14.3. The van der Waals surface area contributed by atoms with Gasteiger partial charge in [0.1, 0.15) is 0 Å². The van der Waals surface area contributed by atoms with E-state index in [1.54, 1.807) is 12.1 Å². The van der Waals surface area contributed by atoms with E-state index < -0.39 is 5.97 Å². The number of hydrogen-bond acceptors (Lipinski definition) is 5. The molecule has 0 bridgehead atoms. The fraction of sp³-hybridized carbons (Fsp3) is 0.100. The van der Waals surface area contributed by atoms with Gasteiger partial charge in [0.15, 0.2) is 0 Å². The lowest BCUT2D eigenvalue weighted by molar-refractivity contribution is 0.0680. The molecule has 16 heavy (non-hydrogen) atoms. The fourth-order valence-electron chi connectivity index (χ4n) is 1.28. The number of anilines is 1. The maximum Gasteiger partial charge on any atom is 0.377 e. The Balaban J connectivity index is 2.50. The zero-order valence-corrected chi connectivity index (χ0v) is 8.47. The molecular weight excluding hydrogens is 210 g/mol. The molecular formula is C10H9N3O3. The Labute approximate surface area is 90.7 Å². The van der Waals surface area contributed by atoms with E-state index in [2.05, 4.69) is 10.1 Å². The molecule has 0 aliphatic heterocycles. The molecule has 3 N–H and O–H groups in total. The number of hydrogen-bond donors (Lipinski definition) is 2. The molecule has 0 atom stereocenters. The quantitative estimate of drug-likeness (QED) is 0.738. The predicted molar refractivity (Wildman–Crippen MR) is 55.8 cm³/mol. The van der Waals surface area contributed by atoms with Crippen molar-refractivity contribution in [2.24, 2.45) is 0 Å². The molecule has 2 aromatic rings. The smallest absolute Gasteiger partial charge is 0.377 e. The Bertz CT molecular complexity index is 548. The van der Waals surface area contributed by atoms with Crippen LogP contribution in [0.5, 0.6) is 0 Å². The van der Waals surface area contributed by atoms with Gasteiger partial charge in [0.25, 0.3) is 11.7 Å². The normalized spacial score (nSPS) is 10.3.